The molecule has 6 nitrogen and oxygen atoms in total. The molecule has 2 aromatic carbocycles. The fraction of sp³-hybridized carbons (Fsp3) is 0.350. The van der Waals surface area contributed by atoms with Gasteiger partial charge in [-0.2, -0.15) is 4.31 Å². The molecule has 1 amide bonds. The van der Waals surface area contributed by atoms with Gasteiger partial charge in [0.05, 0.1) is 18.1 Å². The molecule has 1 saturated heterocycles. The fourth-order valence-electron chi connectivity index (χ4n) is 3.04. The second-order valence-electron chi connectivity index (χ2n) is 6.63. The summed E-state index contributed by atoms with van der Waals surface area (Å²) in [7, 11) is -1.81. The number of nitrogens with zero attached hydrogens (tertiary/aromatic N) is 2. The first-order valence-electron chi connectivity index (χ1n) is 8.87. The number of ether oxygens (including phenoxy) is 1. The van der Waals surface area contributed by atoms with Gasteiger partial charge in [-0.05, 0) is 42.3 Å². The van der Waals surface area contributed by atoms with Crippen molar-refractivity contribution < 1.29 is 17.9 Å². The molecular formula is C20H24N2O4S. The highest BCUT2D eigenvalue weighted by Crippen LogP contribution is 2.19. The van der Waals surface area contributed by atoms with E-state index in [1.807, 2.05) is 31.2 Å². The standard InChI is InChI=1S/C20H24N2O4S/c1-16-5-3-4-6-18(16)15-21(2)20(23)17-7-9-19(10-8-17)27(24,25)22-11-13-26-14-12-22/h3-10H,11-15H2,1-2H3. The van der Waals surface area contributed by atoms with Crippen molar-refractivity contribution >= 4 is 15.9 Å². The summed E-state index contributed by atoms with van der Waals surface area (Å²) in [6.45, 7) is 4.02. The molecule has 1 aliphatic heterocycles. The lowest BCUT2D eigenvalue weighted by Gasteiger charge is -2.26. The van der Waals surface area contributed by atoms with Crippen LogP contribution in [0.3, 0.4) is 0 Å². The van der Waals surface area contributed by atoms with E-state index < -0.39 is 10.0 Å². The summed E-state index contributed by atoms with van der Waals surface area (Å²) in [5.41, 5.74) is 2.68. The third kappa shape index (κ3) is 4.37. The molecule has 2 aromatic rings. The Morgan fingerprint density at radius 1 is 1.07 bits per heavy atom. The summed E-state index contributed by atoms with van der Waals surface area (Å²) in [5.74, 6) is -0.145. The van der Waals surface area contributed by atoms with Gasteiger partial charge >= 0.3 is 0 Å². The molecule has 0 bridgehead atoms. The summed E-state index contributed by atoms with van der Waals surface area (Å²) in [4.78, 5) is 14.5. The van der Waals surface area contributed by atoms with Crippen molar-refractivity contribution in [2.45, 2.75) is 18.4 Å². The third-order valence-electron chi connectivity index (χ3n) is 4.72. The summed E-state index contributed by atoms with van der Waals surface area (Å²) >= 11 is 0. The van der Waals surface area contributed by atoms with Crippen LogP contribution in [0.4, 0.5) is 0 Å². The van der Waals surface area contributed by atoms with Crippen molar-refractivity contribution in [1.29, 1.82) is 0 Å². The van der Waals surface area contributed by atoms with E-state index in [4.69, 9.17) is 4.74 Å². The lowest BCUT2D eigenvalue weighted by atomic mass is 10.1. The Morgan fingerprint density at radius 3 is 2.33 bits per heavy atom. The Labute approximate surface area is 160 Å². The Hall–Kier alpha value is -2.22. The van der Waals surface area contributed by atoms with Gasteiger partial charge < -0.3 is 9.64 Å². The summed E-state index contributed by atoms with van der Waals surface area (Å²) in [6, 6.07) is 14.1. The number of sulfonamides is 1. The maximum atomic E-state index is 12.7. The lowest BCUT2D eigenvalue weighted by molar-refractivity contribution is 0.0730. The Bertz CT molecular complexity index is 904. The predicted molar refractivity (Wildman–Crippen MR) is 103 cm³/mol. The maximum absolute atomic E-state index is 12.7. The highest BCUT2D eigenvalue weighted by Gasteiger charge is 2.26. The van der Waals surface area contributed by atoms with Crippen molar-refractivity contribution in [3.05, 3.63) is 65.2 Å². The molecule has 27 heavy (non-hydrogen) atoms. The molecule has 0 aliphatic carbocycles. The van der Waals surface area contributed by atoms with Gasteiger partial charge in [0.1, 0.15) is 0 Å². The van der Waals surface area contributed by atoms with Gasteiger partial charge in [-0.1, -0.05) is 24.3 Å². The normalized spacial score (nSPS) is 15.5. The molecule has 0 unspecified atom stereocenters. The zero-order chi connectivity index (χ0) is 19.4. The van der Waals surface area contributed by atoms with Crippen molar-refractivity contribution in [2.24, 2.45) is 0 Å². The SMILES string of the molecule is Cc1ccccc1CN(C)C(=O)c1ccc(S(=O)(=O)N2CCOCC2)cc1. The van der Waals surface area contributed by atoms with Crippen LogP contribution in [0.15, 0.2) is 53.4 Å². The van der Waals surface area contributed by atoms with Gasteiger partial charge in [0.15, 0.2) is 0 Å². The minimum Gasteiger partial charge on any atom is -0.379 e. The van der Waals surface area contributed by atoms with Crippen LogP contribution in [0, 0.1) is 6.92 Å². The zero-order valence-electron chi connectivity index (χ0n) is 15.6. The second-order valence-corrected chi connectivity index (χ2v) is 8.57. The summed E-state index contributed by atoms with van der Waals surface area (Å²) in [6.07, 6.45) is 0. The number of benzene rings is 2. The molecule has 1 aliphatic rings. The zero-order valence-corrected chi connectivity index (χ0v) is 16.4. The van der Waals surface area contributed by atoms with Crippen molar-refractivity contribution in [1.82, 2.24) is 9.21 Å². The van der Waals surface area contributed by atoms with Crippen molar-refractivity contribution in [3.63, 3.8) is 0 Å². The smallest absolute Gasteiger partial charge is 0.253 e. The Morgan fingerprint density at radius 2 is 1.70 bits per heavy atom. The van der Waals surface area contributed by atoms with Crippen LogP contribution in [0.5, 0.6) is 0 Å². The molecule has 0 saturated carbocycles. The molecular weight excluding hydrogens is 364 g/mol. The molecule has 0 atom stereocenters. The second kappa shape index (κ2) is 8.21. The topological polar surface area (TPSA) is 66.9 Å². The molecule has 0 spiro atoms. The minimum absolute atomic E-state index is 0.145. The van der Waals surface area contributed by atoms with E-state index in [-0.39, 0.29) is 10.8 Å². The van der Waals surface area contributed by atoms with E-state index in [0.717, 1.165) is 11.1 Å². The van der Waals surface area contributed by atoms with Gasteiger partial charge in [-0.3, -0.25) is 4.79 Å². The Kier molecular flexibility index (Phi) is 5.94. The largest absolute Gasteiger partial charge is 0.379 e. The van der Waals surface area contributed by atoms with E-state index >= 15 is 0 Å². The third-order valence-corrected chi connectivity index (χ3v) is 6.64. The van der Waals surface area contributed by atoms with E-state index in [0.29, 0.717) is 38.4 Å². The number of hydrogen-bond acceptors (Lipinski definition) is 4. The number of amides is 1. The van der Waals surface area contributed by atoms with Crippen LogP contribution in [0.2, 0.25) is 0 Å². The Balaban J connectivity index is 1.72. The first kappa shape index (κ1) is 19.5. The van der Waals surface area contributed by atoms with E-state index in [2.05, 4.69) is 0 Å². The number of carbonyl (C=O) groups excluding carboxylic acids is 1. The fourth-order valence-corrected chi connectivity index (χ4v) is 4.45. The highest BCUT2D eigenvalue weighted by atomic mass is 32.2. The lowest BCUT2D eigenvalue weighted by Crippen LogP contribution is -2.40. The van der Waals surface area contributed by atoms with Crippen molar-refractivity contribution in [2.75, 3.05) is 33.4 Å². The van der Waals surface area contributed by atoms with E-state index in [1.165, 1.54) is 16.4 Å². The van der Waals surface area contributed by atoms with Crippen molar-refractivity contribution in [3.8, 4) is 0 Å². The van der Waals surface area contributed by atoms with Gasteiger partial charge in [0.25, 0.3) is 5.91 Å². The number of aryl methyl sites for hydroxylation is 1. The maximum Gasteiger partial charge on any atom is 0.253 e. The van der Waals surface area contributed by atoms with E-state index in [9.17, 15) is 13.2 Å². The average Bonchev–Trinajstić information content (AvgIpc) is 2.70. The first-order chi connectivity index (χ1) is 12.9. The molecule has 1 fully saturated rings. The van der Waals surface area contributed by atoms with Crippen LogP contribution in [-0.2, 0) is 21.3 Å². The molecule has 1 heterocycles. The predicted octanol–water partition coefficient (Wildman–Crippen LogP) is 2.29. The summed E-state index contributed by atoms with van der Waals surface area (Å²) in [5, 5.41) is 0. The molecule has 3 rings (SSSR count). The van der Waals surface area contributed by atoms with Crippen LogP contribution in [-0.4, -0.2) is 56.9 Å². The van der Waals surface area contributed by atoms with E-state index in [1.54, 1.807) is 24.1 Å². The first-order valence-corrected chi connectivity index (χ1v) is 10.3. The number of carbonyl (C=O) groups is 1. The van der Waals surface area contributed by atoms with Gasteiger partial charge in [-0.25, -0.2) is 8.42 Å². The van der Waals surface area contributed by atoms with Crippen LogP contribution in [0.25, 0.3) is 0 Å². The monoisotopic (exact) mass is 388 g/mol. The number of hydrogen-bond donors (Lipinski definition) is 0. The quantitative estimate of drug-likeness (QED) is 0.788. The molecule has 0 aromatic heterocycles. The number of rotatable bonds is 5. The molecule has 7 heteroatoms. The van der Waals surface area contributed by atoms with Crippen LogP contribution < -0.4 is 0 Å². The number of morpholine rings is 1. The van der Waals surface area contributed by atoms with Crippen LogP contribution in [0.1, 0.15) is 21.5 Å². The average molecular weight is 388 g/mol. The van der Waals surface area contributed by atoms with Gasteiger partial charge in [0, 0.05) is 32.2 Å². The molecule has 0 N–H and O–H groups in total. The van der Waals surface area contributed by atoms with Gasteiger partial charge in [0.2, 0.25) is 10.0 Å². The summed E-state index contributed by atoms with van der Waals surface area (Å²) < 4.78 is 31.9. The van der Waals surface area contributed by atoms with Gasteiger partial charge in [-0.15, -0.1) is 0 Å². The minimum atomic E-state index is -3.55. The molecule has 144 valence electrons. The van der Waals surface area contributed by atoms with Crippen LogP contribution >= 0.6 is 0 Å². The highest BCUT2D eigenvalue weighted by molar-refractivity contribution is 7.89. The molecule has 0 radical (unpaired) electrons.